The number of hydrogen-bond donors (Lipinski definition) is 1. The van der Waals surface area contributed by atoms with Gasteiger partial charge in [0, 0.05) is 6.61 Å². The Bertz CT molecular complexity index is 325. The minimum atomic E-state index is -0.396. The summed E-state index contributed by atoms with van der Waals surface area (Å²) in [4.78, 5) is 0. The van der Waals surface area contributed by atoms with Crippen molar-refractivity contribution in [1.29, 1.82) is 0 Å². The summed E-state index contributed by atoms with van der Waals surface area (Å²) in [5.74, 6) is 0.235. The van der Waals surface area contributed by atoms with E-state index in [1.165, 1.54) is 6.07 Å². The monoisotopic (exact) mass is 230 g/mol. The first-order chi connectivity index (χ1) is 7.06. The zero-order valence-electron chi connectivity index (χ0n) is 9.00. The Morgan fingerprint density at radius 3 is 2.53 bits per heavy atom. The molecule has 0 amide bonds. The molecule has 0 aliphatic rings. The Labute approximate surface area is 94.9 Å². The van der Waals surface area contributed by atoms with Crippen molar-refractivity contribution >= 4 is 11.6 Å². The van der Waals surface area contributed by atoms with Gasteiger partial charge in [-0.05, 0) is 36.0 Å². The molecular formula is C12H16ClFO. The number of rotatable bonds is 4. The molecule has 0 saturated heterocycles. The van der Waals surface area contributed by atoms with Gasteiger partial charge in [-0.2, -0.15) is 0 Å². The van der Waals surface area contributed by atoms with Crippen LogP contribution in [0.5, 0.6) is 0 Å². The summed E-state index contributed by atoms with van der Waals surface area (Å²) in [6.07, 6.45) is 0.680. The van der Waals surface area contributed by atoms with Crippen LogP contribution in [0.25, 0.3) is 0 Å². The molecule has 1 aromatic rings. The normalized spacial score (nSPS) is 13.2. The second-order valence-electron chi connectivity index (χ2n) is 4.04. The van der Waals surface area contributed by atoms with Crippen LogP contribution >= 0.6 is 11.6 Å². The van der Waals surface area contributed by atoms with Crippen LogP contribution in [-0.2, 0) is 0 Å². The van der Waals surface area contributed by atoms with Gasteiger partial charge in [0.2, 0.25) is 0 Å². The fraction of sp³-hybridized carbons (Fsp3) is 0.500. The number of benzene rings is 1. The molecule has 15 heavy (non-hydrogen) atoms. The van der Waals surface area contributed by atoms with Gasteiger partial charge >= 0.3 is 0 Å². The Morgan fingerprint density at radius 1 is 1.40 bits per heavy atom. The molecule has 0 aliphatic carbocycles. The molecule has 0 saturated carbocycles. The van der Waals surface area contributed by atoms with E-state index in [0.717, 1.165) is 5.56 Å². The lowest BCUT2D eigenvalue weighted by Crippen LogP contribution is -2.09. The predicted octanol–water partition coefficient (Wildman–Crippen LogP) is 3.60. The average molecular weight is 231 g/mol. The summed E-state index contributed by atoms with van der Waals surface area (Å²) < 4.78 is 13.0. The van der Waals surface area contributed by atoms with Crippen LogP contribution in [0.2, 0.25) is 5.02 Å². The smallest absolute Gasteiger partial charge is 0.141 e. The molecule has 1 atom stereocenters. The van der Waals surface area contributed by atoms with Crippen LogP contribution in [-0.4, -0.2) is 11.7 Å². The highest BCUT2D eigenvalue weighted by molar-refractivity contribution is 6.30. The van der Waals surface area contributed by atoms with Crippen molar-refractivity contribution in [3.63, 3.8) is 0 Å². The van der Waals surface area contributed by atoms with E-state index in [2.05, 4.69) is 13.8 Å². The van der Waals surface area contributed by atoms with Crippen molar-refractivity contribution in [2.24, 2.45) is 5.92 Å². The van der Waals surface area contributed by atoms with Crippen LogP contribution in [0.15, 0.2) is 18.2 Å². The van der Waals surface area contributed by atoms with Crippen LogP contribution in [0.4, 0.5) is 4.39 Å². The van der Waals surface area contributed by atoms with Gasteiger partial charge in [0.05, 0.1) is 5.02 Å². The maximum Gasteiger partial charge on any atom is 0.141 e. The van der Waals surface area contributed by atoms with Gasteiger partial charge in [-0.1, -0.05) is 31.5 Å². The third-order valence-electron chi connectivity index (χ3n) is 2.62. The quantitative estimate of drug-likeness (QED) is 0.838. The van der Waals surface area contributed by atoms with Gasteiger partial charge in [0.25, 0.3) is 0 Å². The number of aliphatic hydroxyl groups is 1. The Morgan fingerprint density at radius 2 is 2.07 bits per heavy atom. The summed E-state index contributed by atoms with van der Waals surface area (Å²) in [5.41, 5.74) is 0.991. The molecule has 1 rings (SSSR count). The Kier molecular flexibility index (Phi) is 4.55. The van der Waals surface area contributed by atoms with E-state index in [-0.39, 0.29) is 17.5 Å². The molecule has 0 radical (unpaired) electrons. The molecule has 0 aromatic heterocycles. The molecule has 84 valence electrons. The standard InChI is InChI=1S/C12H16ClFO/c1-8(2)10(5-6-15)9-3-4-12(14)11(13)7-9/h3-4,7-8,10,15H,5-6H2,1-2H3/t10-/m0/s1. The number of aliphatic hydroxyl groups excluding tert-OH is 1. The minimum Gasteiger partial charge on any atom is -0.396 e. The van der Waals surface area contributed by atoms with Gasteiger partial charge in [0.1, 0.15) is 5.82 Å². The van der Waals surface area contributed by atoms with Crippen molar-refractivity contribution < 1.29 is 9.50 Å². The molecule has 0 heterocycles. The fourth-order valence-corrected chi connectivity index (χ4v) is 1.96. The second kappa shape index (κ2) is 5.47. The van der Waals surface area contributed by atoms with Crippen molar-refractivity contribution in [2.75, 3.05) is 6.61 Å². The van der Waals surface area contributed by atoms with Crippen LogP contribution in [0, 0.1) is 11.7 Å². The molecule has 1 aromatic carbocycles. The SMILES string of the molecule is CC(C)[C@H](CCO)c1ccc(F)c(Cl)c1. The van der Waals surface area contributed by atoms with E-state index in [1.807, 2.05) is 0 Å². The maximum absolute atomic E-state index is 13.0. The lowest BCUT2D eigenvalue weighted by atomic mass is 9.86. The lowest BCUT2D eigenvalue weighted by molar-refractivity contribution is 0.261. The lowest BCUT2D eigenvalue weighted by Gasteiger charge is -2.20. The van der Waals surface area contributed by atoms with Gasteiger partial charge in [-0.25, -0.2) is 4.39 Å². The first kappa shape index (κ1) is 12.5. The average Bonchev–Trinajstić information content (AvgIpc) is 2.18. The van der Waals surface area contributed by atoms with Crippen LogP contribution < -0.4 is 0 Å². The van der Waals surface area contributed by atoms with E-state index in [0.29, 0.717) is 12.3 Å². The predicted molar refractivity (Wildman–Crippen MR) is 60.7 cm³/mol. The number of hydrogen-bond acceptors (Lipinski definition) is 1. The second-order valence-corrected chi connectivity index (χ2v) is 4.44. The highest BCUT2D eigenvalue weighted by Crippen LogP contribution is 2.30. The topological polar surface area (TPSA) is 20.2 Å². The molecule has 1 nitrogen and oxygen atoms in total. The molecular weight excluding hydrogens is 215 g/mol. The Hall–Kier alpha value is -0.600. The molecule has 0 fully saturated rings. The van der Waals surface area contributed by atoms with Crippen LogP contribution in [0.3, 0.4) is 0 Å². The molecule has 3 heteroatoms. The molecule has 0 unspecified atom stereocenters. The third-order valence-corrected chi connectivity index (χ3v) is 2.91. The molecule has 0 bridgehead atoms. The highest BCUT2D eigenvalue weighted by atomic mass is 35.5. The van der Waals surface area contributed by atoms with E-state index >= 15 is 0 Å². The van der Waals surface area contributed by atoms with Crippen molar-refractivity contribution in [1.82, 2.24) is 0 Å². The number of halogens is 2. The van der Waals surface area contributed by atoms with Crippen molar-refractivity contribution in [3.8, 4) is 0 Å². The minimum absolute atomic E-state index is 0.137. The maximum atomic E-state index is 13.0. The van der Waals surface area contributed by atoms with Gasteiger partial charge in [0.15, 0.2) is 0 Å². The first-order valence-electron chi connectivity index (χ1n) is 5.12. The summed E-state index contributed by atoms with van der Waals surface area (Å²) in [6, 6.07) is 4.77. The Balaban J connectivity index is 2.95. The van der Waals surface area contributed by atoms with E-state index in [1.54, 1.807) is 12.1 Å². The van der Waals surface area contributed by atoms with E-state index < -0.39 is 5.82 Å². The van der Waals surface area contributed by atoms with Gasteiger partial charge in [-0.15, -0.1) is 0 Å². The molecule has 0 aliphatic heterocycles. The summed E-state index contributed by atoms with van der Waals surface area (Å²) in [5, 5.41) is 9.11. The molecule has 0 spiro atoms. The van der Waals surface area contributed by atoms with Gasteiger partial charge in [-0.3, -0.25) is 0 Å². The van der Waals surface area contributed by atoms with Crippen LogP contribution in [0.1, 0.15) is 31.7 Å². The zero-order chi connectivity index (χ0) is 11.4. The van der Waals surface area contributed by atoms with Crippen molar-refractivity contribution in [2.45, 2.75) is 26.2 Å². The highest BCUT2D eigenvalue weighted by Gasteiger charge is 2.16. The third kappa shape index (κ3) is 3.18. The van der Waals surface area contributed by atoms with Crippen molar-refractivity contribution in [3.05, 3.63) is 34.6 Å². The summed E-state index contributed by atoms with van der Waals surface area (Å²) >= 11 is 5.73. The largest absolute Gasteiger partial charge is 0.396 e. The first-order valence-corrected chi connectivity index (χ1v) is 5.50. The summed E-state index contributed by atoms with van der Waals surface area (Å²) in [7, 11) is 0. The van der Waals surface area contributed by atoms with E-state index in [4.69, 9.17) is 16.7 Å². The zero-order valence-corrected chi connectivity index (χ0v) is 9.76. The van der Waals surface area contributed by atoms with E-state index in [9.17, 15) is 4.39 Å². The fourth-order valence-electron chi connectivity index (χ4n) is 1.77. The van der Waals surface area contributed by atoms with Gasteiger partial charge < -0.3 is 5.11 Å². The summed E-state index contributed by atoms with van der Waals surface area (Å²) in [6.45, 7) is 4.30. The molecule has 1 N–H and O–H groups in total.